The molecule has 2 unspecified atom stereocenters. The Kier molecular flexibility index (Phi) is 6.47. The average Bonchev–Trinajstić information content (AvgIpc) is 2.88. The van der Waals surface area contributed by atoms with Crippen molar-refractivity contribution < 1.29 is 9.84 Å². The lowest BCUT2D eigenvalue weighted by atomic mass is 10.2. The van der Waals surface area contributed by atoms with Gasteiger partial charge in [-0.3, -0.25) is 4.90 Å². The Morgan fingerprint density at radius 3 is 2.95 bits per heavy atom. The first-order valence-corrected chi connectivity index (χ1v) is 7.48. The second-order valence-corrected chi connectivity index (χ2v) is 5.50. The monoisotopic (exact) mass is 278 g/mol. The number of ether oxygens (including phenoxy) is 1. The van der Waals surface area contributed by atoms with E-state index in [-0.39, 0.29) is 0 Å². The maximum absolute atomic E-state index is 10.1. The van der Waals surface area contributed by atoms with E-state index in [0.717, 1.165) is 18.7 Å². The lowest BCUT2D eigenvalue weighted by Crippen LogP contribution is -2.42. The second-order valence-electron chi connectivity index (χ2n) is 5.50. The number of nitrogens with zero attached hydrogens (tertiary/aromatic N) is 1. The van der Waals surface area contributed by atoms with Crippen LogP contribution in [0.4, 0.5) is 0 Å². The van der Waals surface area contributed by atoms with E-state index in [4.69, 9.17) is 4.74 Å². The fraction of sp³-hybridized carbons (Fsp3) is 0.625. The molecule has 1 fully saturated rings. The van der Waals surface area contributed by atoms with Gasteiger partial charge >= 0.3 is 0 Å². The van der Waals surface area contributed by atoms with Crippen molar-refractivity contribution in [1.82, 2.24) is 10.2 Å². The highest BCUT2D eigenvalue weighted by molar-refractivity contribution is 5.13. The summed E-state index contributed by atoms with van der Waals surface area (Å²) in [5, 5.41) is 13.3. The molecular weight excluding hydrogens is 252 g/mol. The van der Waals surface area contributed by atoms with Crippen LogP contribution in [0.25, 0.3) is 0 Å². The fourth-order valence-electron chi connectivity index (χ4n) is 2.81. The van der Waals surface area contributed by atoms with Crippen LogP contribution in [-0.2, 0) is 11.3 Å². The lowest BCUT2D eigenvalue weighted by molar-refractivity contribution is 0.00801. The molecule has 0 saturated carbocycles. The van der Waals surface area contributed by atoms with E-state index in [0.29, 0.717) is 25.8 Å². The van der Waals surface area contributed by atoms with Gasteiger partial charge in [0.1, 0.15) is 0 Å². The molecule has 1 aromatic carbocycles. The largest absolute Gasteiger partial charge is 0.389 e. The summed E-state index contributed by atoms with van der Waals surface area (Å²) >= 11 is 0. The summed E-state index contributed by atoms with van der Waals surface area (Å²) in [4.78, 5) is 2.37. The Morgan fingerprint density at radius 2 is 2.20 bits per heavy atom. The minimum Gasteiger partial charge on any atom is -0.389 e. The normalized spacial score (nSPS) is 21.2. The summed E-state index contributed by atoms with van der Waals surface area (Å²) in [6.07, 6.45) is 2.04. The van der Waals surface area contributed by atoms with Crippen LogP contribution < -0.4 is 5.32 Å². The maximum Gasteiger partial charge on any atom is 0.0900 e. The highest BCUT2D eigenvalue weighted by Crippen LogP contribution is 2.16. The molecule has 0 radical (unpaired) electrons. The van der Waals surface area contributed by atoms with Crippen molar-refractivity contribution in [3.8, 4) is 0 Å². The summed E-state index contributed by atoms with van der Waals surface area (Å²) in [5.41, 5.74) is 1.15. The number of hydrogen-bond acceptors (Lipinski definition) is 4. The third kappa shape index (κ3) is 4.87. The number of nitrogens with one attached hydrogen (secondary N) is 1. The number of aliphatic hydroxyl groups excluding tert-OH is 1. The molecule has 0 spiro atoms. The van der Waals surface area contributed by atoms with E-state index in [1.165, 1.54) is 12.8 Å². The van der Waals surface area contributed by atoms with Gasteiger partial charge in [0.05, 0.1) is 19.3 Å². The zero-order chi connectivity index (χ0) is 14.2. The van der Waals surface area contributed by atoms with E-state index >= 15 is 0 Å². The molecule has 4 nitrogen and oxygen atoms in total. The molecule has 1 saturated heterocycles. The first-order valence-electron chi connectivity index (χ1n) is 7.48. The number of rotatable bonds is 8. The Balaban J connectivity index is 1.66. The first kappa shape index (κ1) is 15.4. The molecule has 1 aliphatic heterocycles. The standard InChI is InChI=1S/C16H26N2O2/c1-17-10-15-8-5-9-18(15)11-16(19)13-20-12-14-6-3-2-4-7-14/h2-4,6-7,15-17,19H,5,8-13H2,1H3. The Bertz CT molecular complexity index is 372. The minimum atomic E-state index is -0.406. The number of β-amino-alcohol motifs (C(OH)–C–C–N with tert-alkyl or cyclic N) is 1. The third-order valence-electron chi connectivity index (χ3n) is 3.81. The van der Waals surface area contributed by atoms with Gasteiger partial charge in [-0.15, -0.1) is 0 Å². The quantitative estimate of drug-likeness (QED) is 0.751. The van der Waals surface area contributed by atoms with Crippen molar-refractivity contribution in [2.24, 2.45) is 0 Å². The van der Waals surface area contributed by atoms with Crippen LogP contribution in [0.3, 0.4) is 0 Å². The van der Waals surface area contributed by atoms with Crippen LogP contribution in [0.2, 0.25) is 0 Å². The maximum atomic E-state index is 10.1. The second kappa shape index (κ2) is 8.37. The van der Waals surface area contributed by atoms with Gasteiger partial charge in [0.2, 0.25) is 0 Å². The van der Waals surface area contributed by atoms with Crippen LogP contribution in [0.15, 0.2) is 30.3 Å². The molecule has 1 aliphatic rings. The molecule has 1 heterocycles. The first-order chi connectivity index (χ1) is 9.79. The van der Waals surface area contributed by atoms with Gasteiger partial charge in [0.25, 0.3) is 0 Å². The van der Waals surface area contributed by atoms with Crippen molar-refractivity contribution in [1.29, 1.82) is 0 Å². The van der Waals surface area contributed by atoms with E-state index in [1.807, 2.05) is 37.4 Å². The lowest BCUT2D eigenvalue weighted by Gasteiger charge is -2.26. The molecular formula is C16H26N2O2. The molecule has 1 aromatic rings. The van der Waals surface area contributed by atoms with Crippen LogP contribution >= 0.6 is 0 Å². The number of likely N-dealkylation sites (N-methyl/N-ethyl adjacent to an activating group) is 1. The van der Waals surface area contributed by atoms with Crippen molar-refractivity contribution in [3.63, 3.8) is 0 Å². The predicted molar refractivity (Wildman–Crippen MR) is 80.6 cm³/mol. The summed E-state index contributed by atoms with van der Waals surface area (Å²) in [7, 11) is 1.98. The Labute approximate surface area is 121 Å². The highest BCUT2D eigenvalue weighted by atomic mass is 16.5. The molecule has 0 bridgehead atoms. The van der Waals surface area contributed by atoms with E-state index < -0.39 is 6.10 Å². The number of aliphatic hydroxyl groups is 1. The van der Waals surface area contributed by atoms with Gasteiger partial charge < -0.3 is 15.2 Å². The summed E-state index contributed by atoms with van der Waals surface area (Å²) < 4.78 is 5.59. The van der Waals surface area contributed by atoms with Crippen LogP contribution in [-0.4, -0.2) is 55.4 Å². The van der Waals surface area contributed by atoms with Crippen LogP contribution in [0, 0.1) is 0 Å². The molecule has 112 valence electrons. The Morgan fingerprint density at radius 1 is 1.40 bits per heavy atom. The SMILES string of the molecule is CNCC1CCCN1CC(O)COCc1ccccc1. The zero-order valence-electron chi connectivity index (χ0n) is 12.3. The van der Waals surface area contributed by atoms with E-state index in [9.17, 15) is 5.11 Å². The number of likely N-dealkylation sites (tertiary alicyclic amines) is 1. The smallest absolute Gasteiger partial charge is 0.0900 e. The summed E-state index contributed by atoms with van der Waals surface area (Å²) in [5.74, 6) is 0. The Hall–Kier alpha value is -0.940. The third-order valence-corrected chi connectivity index (χ3v) is 3.81. The molecule has 0 amide bonds. The number of benzene rings is 1. The van der Waals surface area contributed by atoms with Gasteiger partial charge in [-0.2, -0.15) is 0 Å². The topological polar surface area (TPSA) is 44.7 Å². The van der Waals surface area contributed by atoms with E-state index in [2.05, 4.69) is 10.2 Å². The predicted octanol–water partition coefficient (Wildman–Crippen LogP) is 1.25. The molecule has 20 heavy (non-hydrogen) atoms. The highest BCUT2D eigenvalue weighted by Gasteiger charge is 2.25. The molecule has 2 atom stereocenters. The van der Waals surface area contributed by atoms with Gasteiger partial charge in [0, 0.05) is 19.1 Å². The summed E-state index contributed by atoms with van der Waals surface area (Å²) in [6, 6.07) is 10.6. The van der Waals surface area contributed by atoms with E-state index in [1.54, 1.807) is 0 Å². The number of hydrogen-bond donors (Lipinski definition) is 2. The molecule has 2 rings (SSSR count). The molecule has 0 aliphatic carbocycles. The van der Waals surface area contributed by atoms with Gasteiger partial charge in [-0.25, -0.2) is 0 Å². The molecule has 2 N–H and O–H groups in total. The van der Waals surface area contributed by atoms with Crippen LogP contribution in [0.1, 0.15) is 18.4 Å². The fourth-order valence-corrected chi connectivity index (χ4v) is 2.81. The van der Waals surface area contributed by atoms with Crippen molar-refractivity contribution in [3.05, 3.63) is 35.9 Å². The molecule has 0 aromatic heterocycles. The van der Waals surface area contributed by atoms with Gasteiger partial charge in [-0.1, -0.05) is 30.3 Å². The van der Waals surface area contributed by atoms with Crippen molar-refractivity contribution >= 4 is 0 Å². The van der Waals surface area contributed by atoms with Crippen LogP contribution in [0.5, 0.6) is 0 Å². The minimum absolute atomic E-state index is 0.400. The average molecular weight is 278 g/mol. The zero-order valence-corrected chi connectivity index (χ0v) is 12.3. The van der Waals surface area contributed by atoms with Crippen molar-refractivity contribution in [2.45, 2.75) is 31.6 Å². The van der Waals surface area contributed by atoms with Gasteiger partial charge in [0.15, 0.2) is 0 Å². The molecule has 4 heteroatoms. The van der Waals surface area contributed by atoms with Crippen molar-refractivity contribution in [2.75, 3.05) is 33.3 Å². The summed E-state index contributed by atoms with van der Waals surface area (Å²) in [6.45, 7) is 3.76. The van der Waals surface area contributed by atoms with Gasteiger partial charge in [-0.05, 0) is 32.0 Å².